The molecule has 0 radical (unpaired) electrons. The summed E-state index contributed by atoms with van der Waals surface area (Å²) in [5, 5.41) is 0. The summed E-state index contributed by atoms with van der Waals surface area (Å²) < 4.78 is 5.03. The van der Waals surface area contributed by atoms with Crippen LogP contribution in [0.5, 0.6) is 5.75 Å². The fourth-order valence-electron chi connectivity index (χ4n) is 1.10. The molecule has 1 rings (SSSR count). The van der Waals surface area contributed by atoms with Gasteiger partial charge in [0, 0.05) is 5.56 Å². The Hall–Kier alpha value is -1.93. The molecule has 0 aliphatic rings. The lowest BCUT2D eigenvalue weighted by atomic mass is 10.1. The summed E-state index contributed by atoms with van der Waals surface area (Å²) in [4.78, 5) is 23.8. The average molecular weight is 191 g/mol. The van der Waals surface area contributed by atoms with Crippen LogP contribution in [0.15, 0.2) is 29.3 Å². The molecule has 0 aliphatic carbocycles. The summed E-state index contributed by atoms with van der Waals surface area (Å²) >= 11 is 0. The van der Waals surface area contributed by atoms with Crippen LogP contribution in [0.4, 0.5) is 0 Å². The molecule has 14 heavy (non-hydrogen) atoms. The highest BCUT2D eigenvalue weighted by atomic mass is 16.5. The number of carbonyl (C=O) groups excluding carboxylic acids is 2. The SMILES string of the molecule is COc1ccccc1CC(=O)N=C=O. The Morgan fingerprint density at radius 2 is 2.21 bits per heavy atom. The van der Waals surface area contributed by atoms with Crippen LogP contribution in [0.3, 0.4) is 0 Å². The van der Waals surface area contributed by atoms with E-state index in [4.69, 9.17) is 4.74 Å². The van der Waals surface area contributed by atoms with E-state index < -0.39 is 5.91 Å². The van der Waals surface area contributed by atoms with E-state index >= 15 is 0 Å². The number of nitrogens with zero attached hydrogens (tertiary/aromatic N) is 1. The Labute approximate surface area is 81.2 Å². The third-order valence-corrected chi connectivity index (χ3v) is 1.70. The van der Waals surface area contributed by atoms with Gasteiger partial charge in [-0.05, 0) is 6.07 Å². The molecule has 1 amide bonds. The number of hydrogen-bond acceptors (Lipinski definition) is 3. The van der Waals surface area contributed by atoms with Gasteiger partial charge in [0.15, 0.2) is 0 Å². The van der Waals surface area contributed by atoms with Gasteiger partial charge in [0.05, 0.1) is 13.5 Å². The fraction of sp³-hybridized carbons (Fsp3) is 0.200. The van der Waals surface area contributed by atoms with Crippen LogP contribution in [0, 0.1) is 0 Å². The Morgan fingerprint density at radius 1 is 1.50 bits per heavy atom. The first-order chi connectivity index (χ1) is 6.77. The summed E-state index contributed by atoms with van der Waals surface area (Å²) in [6, 6.07) is 7.08. The molecule has 0 aliphatic heterocycles. The highest BCUT2D eigenvalue weighted by molar-refractivity contribution is 5.84. The van der Waals surface area contributed by atoms with Crippen LogP contribution in [-0.2, 0) is 16.0 Å². The Morgan fingerprint density at radius 3 is 2.86 bits per heavy atom. The molecule has 0 fully saturated rings. The molecule has 0 spiro atoms. The van der Waals surface area contributed by atoms with E-state index in [9.17, 15) is 9.59 Å². The lowest BCUT2D eigenvalue weighted by Crippen LogP contribution is -2.00. The van der Waals surface area contributed by atoms with Crippen LogP contribution in [0.1, 0.15) is 5.56 Å². The zero-order valence-corrected chi connectivity index (χ0v) is 7.69. The predicted molar refractivity (Wildman–Crippen MR) is 49.8 cm³/mol. The predicted octanol–water partition coefficient (Wildman–Crippen LogP) is 1.10. The smallest absolute Gasteiger partial charge is 0.261 e. The van der Waals surface area contributed by atoms with E-state index in [1.165, 1.54) is 13.2 Å². The van der Waals surface area contributed by atoms with Gasteiger partial charge in [0.2, 0.25) is 6.08 Å². The van der Waals surface area contributed by atoms with Crippen molar-refractivity contribution in [1.82, 2.24) is 0 Å². The van der Waals surface area contributed by atoms with Crippen LogP contribution in [0.25, 0.3) is 0 Å². The van der Waals surface area contributed by atoms with E-state index in [-0.39, 0.29) is 6.42 Å². The number of rotatable bonds is 3. The highest BCUT2D eigenvalue weighted by Gasteiger charge is 2.06. The number of methoxy groups -OCH3 is 1. The number of carbonyl (C=O) groups is 1. The monoisotopic (exact) mass is 191 g/mol. The summed E-state index contributed by atoms with van der Waals surface area (Å²) in [5.41, 5.74) is 0.707. The van der Waals surface area contributed by atoms with Crippen molar-refractivity contribution in [2.75, 3.05) is 7.11 Å². The first-order valence-electron chi connectivity index (χ1n) is 4.00. The quantitative estimate of drug-likeness (QED) is 0.531. The topological polar surface area (TPSA) is 55.7 Å². The van der Waals surface area contributed by atoms with Gasteiger partial charge in [-0.1, -0.05) is 18.2 Å². The second-order valence-corrected chi connectivity index (χ2v) is 2.59. The molecule has 0 atom stereocenters. The van der Waals surface area contributed by atoms with Gasteiger partial charge >= 0.3 is 0 Å². The van der Waals surface area contributed by atoms with E-state index in [1.807, 2.05) is 0 Å². The third kappa shape index (κ3) is 2.54. The molecule has 0 saturated carbocycles. The second kappa shape index (κ2) is 4.94. The van der Waals surface area contributed by atoms with E-state index in [0.717, 1.165) is 0 Å². The highest BCUT2D eigenvalue weighted by Crippen LogP contribution is 2.17. The molecule has 1 aromatic rings. The van der Waals surface area contributed by atoms with Crippen LogP contribution in [0.2, 0.25) is 0 Å². The molecular formula is C10H9NO3. The minimum Gasteiger partial charge on any atom is -0.496 e. The molecule has 4 nitrogen and oxygen atoms in total. The van der Waals surface area contributed by atoms with Crippen molar-refractivity contribution in [3.05, 3.63) is 29.8 Å². The van der Waals surface area contributed by atoms with Gasteiger partial charge in [0.25, 0.3) is 5.91 Å². The lowest BCUT2D eigenvalue weighted by Gasteiger charge is -2.04. The minimum atomic E-state index is -0.524. The standard InChI is InChI=1S/C10H9NO3/c1-14-9-5-3-2-4-8(9)6-10(13)11-7-12/h2-5H,6H2,1H3. The number of ether oxygens (including phenoxy) is 1. The Kier molecular flexibility index (Phi) is 3.58. The molecule has 1 aromatic carbocycles. The molecule has 0 heterocycles. The first-order valence-corrected chi connectivity index (χ1v) is 4.00. The van der Waals surface area contributed by atoms with Crippen molar-refractivity contribution in [2.45, 2.75) is 6.42 Å². The number of isocyanates is 1. The number of para-hydroxylation sites is 1. The largest absolute Gasteiger partial charge is 0.496 e. The van der Waals surface area contributed by atoms with Gasteiger partial charge in [-0.25, -0.2) is 4.79 Å². The van der Waals surface area contributed by atoms with Crippen LogP contribution in [-0.4, -0.2) is 19.1 Å². The van der Waals surface area contributed by atoms with E-state index in [1.54, 1.807) is 24.3 Å². The molecule has 0 unspecified atom stereocenters. The molecule has 72 valence electrons. The second-order valence-electron chi connectivity index (χ2n) is 2.59. The molecule has 0 saturated heterocycles. The van der Waals surface area contributed by atoms with E-state index in [2.05, 4.69) is 4.99 Å². The molecule has 0 bridgehead atoms. The van der Waals surface area contributed by atoms with Crippen LogP contribution < -0.4 is 4.74 Å². The van der Waals surface area contributed by atoms with Gasteiger partial charge in [-0.3, -0.25) is 4.79 Å². The van der Waals surface area contributed by atoms with Gasteiger partial charge in [-0.15, -0.1) is 4.99 Å². The maximum atomic E-state index is 11.0. The zero-order valence-electron chi connectivity index (χ0n) is 7.69. The van der Waals surface area contributed by atoms with Crippen molar-refractivity contribution < 1.29 is 14.3 Å². The number of aliphatic imine (C=N–C) groups is 1. The summed E-state index contributed by atoms with van der Waals surface area (Å²) in [7, 11) is 1.52. The van der Waals surface area contributed by atoms with Gasteiger partial charge < -0.3 is 4.74 Å². The normalized spacial score (nSPS) is 8.93. The summed E-state index contributed by atoms with van der Waals surface area (Å²) in [6.45, 7) is 0. The summed E-state index contributed by atoms with van der Waals surface area (Å²) in [5.74, 6) is 0.0893. The first kappa shape index (κ1) is 10.2. The maximum Gasteiger partial charge on any atom is 0.261 e. The minimum absolute atomic E-state index is 0.0548. The molecule has 0 N–H and O–H groups in total. The molecule has 4 heteroatoms. The number of amides is 1. The van der Waals surface area contributed by atoms with E-state index in [0.29, 0.717) is 11.3 Å². The Bertz CT molecular complexity index is 381. The van der Waals surface area contributed by atoms with Gasteiger partial charge in [0.1, 0.15) is 5.75 Å². The molecule has 0 aromatic heterocycles. The average Bonchev–Trinajstić information content (AvgIpc) is 2.19. The zero-order chi connectivity index (χ0) is 10.4. The van der Waals surface area contributed by atoms with Crippen molar-refractivity contribution in [3.63, 3.8) is 0 Å². The van der Waals surface area contributed by atoms with Crippen molar-refractivity contribution in [3.8, 4) is 5.75 Å². The fourth-order valence-corrected chi connectivity index (χ4v) is 1.10. The van der Waals surface area contributed by atoms with Gasteiger partial charge in [-0.2, -0.15) is 0 Å². The summed E-state index contributed by atoms with van der Waals surface area (Å²) in [6.07, 6.45) is 1.26. The van der Waals surface area contributed by atoms with Crippen molar-refractivity contribution >= 4 is 12.0 Å². The number of hydrogen-bond donors (Lipinski definition) is 0. The lowest BCUT2D eigenvalue weighted by molar-refractivity contribution is -0.117. The van der Waals surface area contributed by atoms with Crippen LogP contribution >= 0.6 is 0 Å². The Balaban J connectivity index is 2.85. The van der Waals surface area contributed by atoms with Crippen molar-refractivity contribution in [2.24, 2.45) is 4.99 Å². The molecular weight excluding hydrogens is 182 g/mol. The van der Waals surface area contributed by atoms with Crippen molar-refractivity contribution in [1.29, 1.82) is 0 Å². The maximum absolute atomic E-state index is 11.0. The number of benzene rings is 1. The third-order valence-electron chi connectivity index (χ3n) is 1.70.